The first-order valence-corrected chi connectivity index (χ1v) is 9.47. The van der Waals surface area contributed by atoms with Crippen LogP contribution in [0.3, 0.4) is 0 Å². The van der Waals surface area contributed by atoms with E-state index in [0.717, 1.165) is 16.0 Å². The minimum atomic E-state index is -3.31. The van der Waals surface area contributed by atoms with E-state index in [9.17, 15) is 13.2 Å². The molecule has 6 nitrogen and oxygen atoms in total. The van der Waals surface area contributed by atoms with Gasteiger partial charge in [-0.3, -0.25) is 0 Å². The molecule has 0 saturated carbocycles. The molecule has 1 aromatic carbocycles. The third-order valence-electron chi connectivity index (χ3n) is 2.94. The average molecular weight is 341 g/mol. The SMILES string of the molecule is CCS(=O)(=O)c1nc2ccc(NC(=O)NCC(C)C)cc2s1. The molecule has 22 heavy (non-hydrogen) atoms. The Labute approximate surface area is 133 Å². The highest BCUT2D eigenvalue weighted by Gasteiger charge is 2.17. The van der Waals surface area contributed by atoms with E-state index in [1.54, 1.807) is 25.1 Å². The Hall–Kier alpha value is -1.67. The number of fused-ring (bicyclic) bond motifs is 1. The van der Waals surface area contributed by atoms with Gasteiger partial charge >= 0.3 is 6.03 Å². The number of rotatable bonds is 5. The molecule has 0 aliphatic rings. The minimum absolute atomic E-state index is 0.0234. The van der Waals surface area contributed by atoms with Crippen LogP contribution in [0, 0.1) is 5.92 Å². The van der Waals surface area contributed by atoms with Crippen molar-refractivity contribution in [2.45, 2.75) is 25.1 Å². The molecule has 8 heteroatoms. The summed E-state index contributed by atoms with van der Waals surface area (Å²) in [6.45, 7) is 6.21. The highest BCUT2D eigenvalue weighted by atomic mass is 32.2. The molecule has 0 spiro atoms. The fourth-order valence-corrected chi connectivity index (χ4v) is 4.06. The van der Waals surface area contributed by atoms with Crippen LogP contribution in [0.2, 0.25) is 0 Å². The Kier molecular flexibility index (Phi) is 5.02. The van der Waals surface area contributed by atoms with E-state index in [4.69, 9.17) is 0 Å². The lowest BCUT2D eigenvalue weighted by atomic mass is 10.2. The minimum Gasteiger partial charge on any atom is -0.338 e. The molecule has 120 valence electrons. The number of thiazole rings is 1. The molecule has 2 aromatic rings. The van der Waals surface area contributed by atoms with Crippen molar-refractivity contribution in [3.8, 4) is 0 Å². The smallest absolute Gasteiger partial charge is 0.319 e. The molecule has 0 fully saturated rings. The van der Waals surface area contributed by atoms with E-state index < -0.39 is 9.84 Å². The third kappa shape index (κ3) is 3.95. The van der Waals surface area contributed by atoms with Crippen molar-refractivity contribution in [3.05, 3.63) is 18.2 Å². The number of nitrogens with zero attached hydrogens (tertiary/aromatic N) is 1. The highest BCUT2D eigenvalue weighted by molar-refractivity contribution is 7.93. The van der Waals surface area contributed by atoms with Gasteiger partial charge in [0.05, 0.1) is 16.0 Å². The molecule has 1 heterocycles. The molecule has 0 aliphatic heterocycles. The maximum absolute atomic E-state index is 11.9. The fraction of sp³-hybridized carbons (Fsp3) is 0.429. The number of amides is 2. The van der Waals surface area contributed by atoms with Crippen molar-refractivity contribution in [1.82, 2.24) is 10.3 Å². The first-order chi connectivity index (χ1) is 10.3. The molecule has 2 rings (SSSR count). The van der Waals surface area contributed by atoms with E-state index in [0.29, 0.717) is 23.7 Å². The molecule has 0 aliphatic carbocycles. The van der Waals surface area contributed by atoms with Gasteiger partial charge in [-0.2, -0.15) is 0 Å². The van der Waals surface area contributed by atoms with Crippen LogP contribution in [-0.2, 0) is 9.84 Å². The van der Waals surface area contributed by atoms with Gasteiger partial charge < -0.3 is 10.6 Å². The lowest BCUT2D eigenvalue weighted by Crippen LogP contribution is -2.31. The molecular weight excluding hydrogens is 322 g/mol. The van der Waals surface area contributed by atoms with E-state index in [1.165, 1.54) is 0 Å². The van der Waals surface area contributed by atoms with Gasteiger partial charge in [-0.25, -0.2) is 18.2 Å². The summed E-state index contributed by atoms with van der Waals surface area (Å²) in [7, 11) is -3.31. The number of hydrogen-bond donors (Lipinski definition) is 2. The van der Waals surface area contributed by atoms with Crippen molar-refractivity contribution in [3.63, 3.8) is 0 Å². The maximum Gasteiger partial charge on any atom is 0.319 e. The first-order valence-electron chi connectivity index (χ1n) is 7.00. The van der Waals surface area contributed by atoms with Gasteiger partial charge in [0.1, 0.15) is 0 Å². The molecule has 0 saturated heterocycles. The van der Waals surface area contributed by atoms with Crippen LogP contribution < -0.4 is 10.6 Å². The summed E-state index contributed by atoms with van der Waals surface area (Å²) in [5, 5.41) is 5.49. The van der Waals surface area contributed by atoms with Gasteiger partial charge in [0.2, 0.25) is 14.2 Å². The quantitative estimate of drug-likeness (QED) is 0.875. The molecule has 0 unspecified atom stereocenters. The number of benzene rings is 1. The molecule has 1 aromatic heterocycles. The zero-order chi connectivity index (χ0) is 16.3. The second kappa shape index (κ2) is 6.62. The summed E-state index contributed by atoms with van der Waals surface area (Å²) in [4.78, 5) is 15.9. The van der Waals surface area contributed by atoms with Crippen molar-refractivity contribution in [2.24, 2.45) is 5.92 Å². The van der Waals surface area contributed by atoms with Gasteiger partial charge in [0, 0.05) is 12.2 Å². The number of sulfone groups is 1. The Bertz CT molecular complexity index is 782. The topological polar surface area (TPSA) is 88.2 Å². The van der Waals surface area contributed by atoms with Crippen LogP contribution in [0.5, 0.6) is 0 Å². The van der Waals surface area contributed by atoms with Crippen molar-refractivity contribution in [2.75, 3.05) is 17.6 Å². The second-order valence-corrected chi connectivity index (χ2v) is 8.78. The normalized spacial score (nSPS) is 11.8. The van der Waals surface area contributed by atoms with Crippen LogP contribution in [0.15, 0.2) is 22.5 Å². The Balaban J connectivity index is 2.19. The van der Waals surface area contributed by atoms with Crippen LogP contribution in [0.4, 0.5) is 10.5 Å². The lowest BCUT2D eigenvalue weighted by molar-refractivity contribution is 0.251. The van der Waals surface area contributed by atoms with Gasteiger partial charge in [-0.05, 0) is 24.1 Å². The lowest BCUT2D eigenvalue weighted by Gasteiger charge is -2.09. The first kappa shape index (κ1) is 16.7. The van der Waals surface area contributed by atoms with E-state index in [1.807, 2.05) is 13.8 Å². The summed E-state index contributed by atoms with van der Waals surface area (Å²) in [5.41, 5.74) is 1.23. The summed E-state index contributed by atoms with van der Waals surface area (Å²) >= 11 is 1.12. The molecule has 2 N–H and O–H groups in total. The second-order valence-electron chi connectivity index (χ2n) is 5.29. The average Bonchev–Trinajstić information content (AvgIpc) is 2.89. The van der Waals surface area contributed by atoms with Crippen LogP contribution in [-0.4, -0.2) is 31.7 Å². The zero-order valence-electron chi connectivity index (χ0n) is 12.7. The highest BCUT2D eigenvalue weighted by Crippen LogP contribution is 2.28. The number of carbonyl (C=O) groups is 1. The predicted molar refractivity (Wildman–Crippen MR) is 89.2 cm³/mol. The van der Waals surface area contributed by atoms with Crippen molar-refractivity contribution < 1.29 is 13.2 Å². The molecule has 0 bridgehead atoms. The number of carbonyl (C=O) groups excluding carboxylic acids is 1. The standard InChI is InChI=1S/C14H19N3O3S2/c1-4-22(19,20)14-17-11-6-5-10(7-12(11)21-14)16-13(18)15-8-9(2)3/h5-7,9H,4,8H2,1-3H3,(H2,15,16,18). The van der Waals surface area contributed by atoms with Gasteiger partial charge in [-0.1, -0.05) is 20.8 Å². The molecule has 2 amide bonds. The Morgan fingerprint density at radius 1 is 1.36 bits per heavy atom. The molecule has 0 atom stereocenters. The fourth-order valence-electron chi connectivity index (χ4n) is 1.71. The predicted octanol–water partition coefficient (Wildman–Crippen LogP) is 2.87. The van der Waals surface area contributed by atoms with E-state index in [2.05, 4.69) is 15.6 Å². The third-order valence-corrected chi connectivity index (χ3v) is 6.15. The van der Waals surface area contributed by atoms with Crippen molar-refractivity contribution in [1.29, 1.82) is 0 Å². The number of urea groups is 1. The monoisotopic (exact) mass is 341 g/mol. The molecular formula is C14H19N3O3S2. The zero-order valence-corrected chi connectivity index (χ0v) is 14.3. The van der Waals surface area contributed by atoms with Crippen molar-refractivity contribution >= 4 is 43.1 Å². The van der Waals surface area contributed by atoms with Crippen LogP contribution in [0.25, 0.3) is 10.2 Å². The van der Waals surface area contributed by atoms with Crippen LogP contribution in [0.1, 0.15) is 20.8 Å². The van der Waals surface area contributed by atoms with Crippen LogP contribution >= 0.6 is 11.3 Å². The van der Waals surface area contributed by atoms with E-state index >= 15 is 0 Å². The Morgan fingerprint density at radius 3 is 2.73 bits per heavy atom. The summed E-state index contributed by atoms with van der Waals surface area (Å²) < 4.78 is 24.5. The van der Waals surface area contributed by atoms with Gasteiger partial charge in [0.15, 0.2) is 0 Å². The van der Waals surface area contributed by atoms with Gasteiger partial charge in [0.25, 0.3) is 0 Å². The summed E-state index contributed by atoms with van der Waals surface area (Å²) in [5.74, 6) is 0.395. The number of hydrogen-bond acceptors (Lipinski definition) is 5. The largest absolute Gasteiger partial charge is 0.338 e. The molecule has 0 radical (unpaired) electrons. The number of nitrogens with one attached hydrogen (secondary N) is 2. The van der Waals surface area contributed by atoms with Gasteiger partial charge in [-0.15, -0.1) is 11.3 Å². The summed E-state index contributed by atoms with van der Waals surface area (Å²) in [6, 6.07) is 4.87. The number of anilines is 1. The maximum atomic E-state index is 11.9. The summed E-state index contributed by atoms with van der Waals surface area (Å²) in [6.07, 6.45) is 0. The van der Waals surface area contributed by atoms with E-state index in [-0.39, 0.29) is 16.1 Å². The number of aromatic nitrogens is 1. The Morgan fingerprint density at radius 2 is 2.09 bits per heavy atom.